The molecule has 0 unspecified atom stereocenters. The molecule has 2 heterocycles. The molecular weight excluding hydrogens is 335 g/mol. The predicted molar refractivity (Wildman–Crippen MR) is 95.5 cm³/mol. The van der Waals surface area contributed by atoms with E-state index in [-0.39, 0.29) is 6.54 Å². The minimum Gasteiger partial charge on any atom is -0.378 e. The van der Waals surface area contributed by atoms with Crippen LogP contribution in [0.2, 0.25) is 0 Å². The lowest BCUT2D eigenvalue weighted by atomic mass is 10.1. The average Bonchev–Trinajstić information content (AvgIpc) is 3.01. The second-order valence-corrected chi connectivity index (χ2v) is 7.15. The maximum Gasteiger partial charge on any atom is 0.253 e. The Morgan fingerprint density at radius 3 is 2.73 bits per heavy atom. The fourth-order valence-electron chi connectivity index (χ4n) is 3.21. The number of nitrogens with zero attached hydrogens (tertiary/aromatic N) is 3. The van der Waals surface area contributed by atoms with Gasteiger partial charge in [-0.3, -0.25) is 14.4 Å². The standard InChI is InChI=1S/C19H25FN4O2/c1-13(2)11-23-7-8-24-17(12-23)9-16(22-24)10-21-19(26)18(25)14-3-5-15(20)6-4-14/h3-6,9,13,18,25H,7-8,10-12H2,1-2H3,(H,21,26)/t18-/m0/s1. The molecule has 0 bridgehead atoms. The monoisotopic (exact) mass is 360 g/mol. The molecule has 0 aliphatic carbocycles. The van der Waals surface area contributed by atoms with Gasteiger partial charge in [0.1, 0.15) is 5.82 Å². The topological polar surface area (TPSA) is 70.4 Å². The molecule has 0 radical (unpaired) electrons. The molecule has 1 aromatic carbocycles. The number of halogens is 1. The second kappa shape index (κ2) is 7.97. The molecule has 1 atom stereocenters. The number of carbonyl (C=O) groups excluding carboxylic acids is 1. The van der Waals surface area contributed by atoms with Gasteiger partial charge >= 0.3 is 0 Å². The van der Waals surface area contributed by atoms with E-state index in [9.17, 15) is 14.3 Å². The Labute approximate surface area is 152 Å². The van der Waals surface area contributed by atoms with E-state index < -0.39 is 17.8 Å². The molecule has 3 rings (SSSR count). The Morgan fingerprint density at radius 2 is 2.04 bits per heavy atom. The highest BCUT2D eigenvalue weighted by molar-refractivity contribution is 5.81. The Morgan fingerprint density at radius 1 is 1.31 bits per heavy atom. The largest absolute Gasteiger partial charge is 0.378 e. The van der Waals surface area contributed by atoms with Gasteiger partial charge in [-0.1, -0.05) is 26.0 Å². The summed E-state index contributed by atoms with van der Waals surface area (Å²) in [5.41, 5.74) is 2.27. The van der Waals surface area contributed by atoms with Crippen molar-refractivity contribution >= 4 is 5.91 Å². The fraction of sp³-hybridized carbons (Fsp3) is 0.474. The fourth-order valence-corrected chi connectivity index (χ4v) is 3.21. The molecule has 7 heteroatoms. The average molecular weight is 360 g/mol. The molecule has 0 fully saturated rings. The Kier molecular flexibility index (Phi) is 5.68. The summed E-state index contributed by atoms with van der Waals surface area (Å²) in [4.78, 5) is 14.5. The summed E-state index contributed by atoms with van der Waals surface area (Å²) in [6.45, 7) is 8.40. The van der Waals surface area contributed by atoms with Crippen molar-refractivity contribution in [3.63, 3.8) is 0 Å². The first-order valence-electron chi connectivity index (χ1n) is 8.91. The first kappa shape index (κ1) is 18.5. The molecule has 0 spiro atoms. The van der Waals surface area contributed by atoms with Crippen molar-refractivity contribution in [1.82, 2.24) is 20.0 Å². The van der Waals surface area contributed by atoms with Crippen molar-refractivity contribution in [3.8, 4) is 0 Å². The van der Waals surface area contributed by atoms with Gasteiger partial charge in [-0.2, -0.15) is 5.10 Å². The van der Waals surface area contributed by atoms with Gasteiger partial charge in [-0.25, -0.2) is 4.39 Å². The molecule has 0 saturated heterocycles. The van der Waals surface area contributed by atoms with Crippen LogP contribution >= 0.6 is 0 Å². The van der Waals surface area contributed by atoms with E-state index in [1.807, 2.05) is 10.7 Å². The van der Waals surface area contributed by atoms with Crippen LogP contribution in [0.25, 0.3) is 0 Å². The number of hydrogen-bond acceptors (Lipinski definition) is 4. The van der Waals surface area contributed by atoms with Crippen LogP contribution in [0, 0.1) is 11.7 Å². The zero-order chi connectivity index (χ0) is 18.7. The van der Waals surface area contributed by atoms with Crippen LogP contribution < -0.4 is 5.32 Å². The highest BCUT2D eigenvalue weighted by Gasteiger charge is 2.20. The summed E-state index contributed by atoms with van der Waals surface area (Å²) in [7, 11) is 0. The highest BCUT2D eigenvalue weighted by atomic mass is 19.1. The minimum absolute atomic E-state index is 0.251. The number of aliphatic hydroxyl groups is 1. The van der Waals surface area contributed by atoms with Gasteiger partial charge in [0.25, 0.3) is 5.91 Å². The van der Waals surface area contributed by atoms with E-state index in [0.717, 1.165) is 37.6 Å². The van der Waals surface area contributed by atoms with E-state index in [2.05, 4.69) is 29.2 Å². The smallest absolute Gasteiger partial charge is 0.253 e. The number of nitrogens with one attached hydrogen (secondary N) is 1. The molecule has 2 aromatic rings. The predicted octanol–water partition coefficient (Wildman–Crippen LogP) is 1.84. The van der Waals surface area contributed by atoms with E-state index in [1.165, 1.54) is 24.3 Å². The number of benzene rings is 1. The molecule has 0 saturated carbocycles. The summed E-state index contributed by atoms with van der Waals surface area (Å²) >= 11 is 0. The van der Waals surface area contributed by atoms with Crippen LogP contribution in [0.3, 0.4) is 0 Å². The summed E-state index contributed by atoms with van der Waals surface area (Å²) in [6, 6.07) is 7.24. The lowest BCUT2D eigenvalue weighted by molar-refractivity contribution is -0.129. The van der Waals surface area contributed by atoms with Gasteiger partial charge in [0.05, 0.1) is 24.5 Å². The lowest BCUT2D eigenvalue weighted by Crippen LogP contribution is -2.36. The molecular formula is C19H25FN4O2. The van der Waals surface area contributed by atoms with Gasteiger partial charge in [-0.05, 0) is 29.7 Å². The Balaban J connectivity index is 1.56. The van der Waals surface area contributed by atoms with Gasteiger partial charge in [0.2, 0.25) is 0 Å². The number of fused-ring (bicyclic) bond motifs is 1. The third kappa shape index (κ3) is 4.47. The van der Waals surface area contributed by atoms with E-state index in [4.69, 9.17) is 0 Å². The van der Waals surface area contributed by atoms with Gasteiger partial charge < -0.3 is 10.4 Å². The van der Waals surface area contributed by atoms with Crippen LogP contribution in [0.5, 0.6) is 0 Å². The number of aromatic nitrogens is 2. The minimum atomic E-state index is -1.32. The van der Waals surface area contributed by atoms with Gasteiger partial charge in [0.15, 0.2) is 6.10 Å². The summed E-state index contributed by atoms with van der Waals surface area (Å²) in [5, 5.41) is 17.3. The highest BCUT2D eigenvalue weighted by Crippen LogP contribution is 2.16. The Bertz CT molecular complexity index is 757. The van der Waals surface area contributed by atoms with Crippen LogP contribution in [0.4, 0.5) is 4.39 Å². The first-order chi connectivity index (χ1) is 12.4. The van der Waals surface area contributed by atoms with Crippen LogP contribution in [0.1, 0.15) is 36.9 Å². The third-order valence-electron chi connectivity index (χ3n) is 4.43. The molecule has 1 aliphatic heterocycles. The van der Waals surface area contributed by atoms with Crippen LogP contribution in [0.15, 0.2) is 30.3 Å². The normalized spacial score (nSPS) is 15.7. The van der Waals surface area contributed by atoms with Crippen molar-refractivity contribution < 1.29 is 14.3 Å². The summed E-state index contributed by atoms with van der Waals surface area (Å²) in [5.74, 6) is -0.309. The van der Waals surface area contributed by atoms with Crippen molar-refractivity contribution in [3.05, 3.63) is 53.1 Å². The van der Waals surface area contributed by atoms with Crippen molar-refractivity contribution in [2.24, 2.45) is 5.92 Å². The lowest BCUT2D eigenvalue weighted by Gasteiger charge is -2.28. The molecule has 140 valence electrons. The molecule has 1 aliphatic rings. The van der Waals surface area contributed by atoms with Crippen molar-refractivity contribution in [1.29, 1.82) is 0 Å². The molecule has 6 nitrogen and oxygen atoms in total. The summed E-state index contributed by atoms with van der Waals surface area (Å²) < 4.78 is 14.9. The first-order valence-corrected chi connectivity index (χ1v) is 8.91. The van der Waals surface area contributed by atoms with Gasteiger partial charge in [-0.15, -0.1) is 0 Å². The zero-order valence-corrected chi connectivity index (χ0v) is 15.2. The zero-order valence-electron chi connectivity index (χ0n) is 15.2. The summed E-state index contributed by atoms with van der Waals surface area (Å²) in [6.07, 6.45) is -1.32. The SMILES string of the molecule is CC(C)CN1CCn2nc(CNC(=O)[C@@H](O)c3ccc(F)cc3)cc2C1. The third-order valence-corrected chi connectivity index (χ3v) is 4.43. The molecule has 26 heavy (non-hydrogen) atoms. The molecule has 1 aromatic heterocycles. The number of carbonyl (C=O) groups is 1. The van der Waals surface area contributed by atoms with Crippen LogP contribution in [-0.4, -0.2) is 38.8 Å². The van der Waals surface area contributed by atoms with E-state index >= 15 is 0 Å². The molecule has 1 amide bonds. The van der Waals surface area contributed by atoms with Crippen molar-refractivity contribution in [2.75, 3.05) is 13.1 Å². The Hall–Kier alpha value is -2.25. The van der Waals surface area contributed by atoms with E-state index in [0.29, 0.717) is 11.5 Å². The molecule has 2 N–H and O–H groups in total. The number of rotatable bonds is 6. The van der Waals surface area contributed by atoms with Crippen molar-refractivity contribution in [2.45, 2.75) is 39.6 Å². The maximum atomic E-state index is 12.9. The van der Waals surface area contributed by atoms with Gasteiger partial charge in [0, 0.05) is 19.6 Å². The van der Waals surface area contributed by atoms with E-state index in [1.54, 1.807) is 0 Å². The second-order valence-electron chi connectivity index (χ2n) is 7.15. The number of aliphatic hydroxyl groups excluding tert-OH is 1. The maximum absolute atomic E-state index is 12.9. The van der Waals surface area contributed by atoms with Crippen LogP contribution in [-0.2, 0) is 24.4 Å². The number of amides is 1. The number of hydrogen-bond donors (Lipinski definition) is 2. The quantitative estimate of drug-likeness (QED) is 0.825.